The van der Waals surface area contributed by atoms with E-state index in [0.717, 1.165) is 38.5 Å². The highest BCUT2D eigenvalue weighted by Crippen LogP contribution is 2.26. The number of amides is 2. The van der Waals surface area contributed by atoms with Crippen molar-refractivity contribution in [2.24, 2.45) is 5.92 Å². The van der Waals surface area contributed by atoms with Gasteiger partial charge in [-0.15, -0.1) is 0 Å². The summed E-state index contributed by atoms with van der Waals surface area (Å²) in [5.74, 6) is -0.903. The van der Waals surface area contributed by atoms with E-state index in [4.69, 9.17) is 4.74 Å². The van der Waals surface area contributed by atoms with Crippen LogP contribution in [-0.2, 0) is 9.53 Å². The highest BCUT2D eigenvalue weighted by atomic mass is 16.5. The van der Waals surface area contributed by atoms with Crippen LogP contribution >= 0.6 is 0 Å². The predicted octanol–water partition coefficient (Wildman–Crippen LogP) is 1.50. The van der Waals surface area contributed by atoms with Crippen molar-refractivity contribution in [1.82, 2.24) is 10.6 Å². The van der Waals surface area contributed by atoms with Gasteiger partial charge in [0.2, 0.25) is 0 Å². The smallest absolute Gasteiger partial charge is 0.326 e. The number of urea groups is 1. The number of carbonyl (C=O) groups excluding carboxylic acids is 1. The lowest BCUT2D eigenvalue weighted by Gasteiger charge is -2.30. The Labute approximate surface area is 119 Å². The molecule has 2 unspecified atom stereocenters. The second kappa shape index (κ2) is 6.43. The third kappa shape index (κ3) is 3.85. The van der Waals surface area contributed by atoms with Crippen molar-refractivity contribution in [3.8, 4) is 0 Å². The monoisotopic (exact) mass is 284 g/mol. The third-order valence-corrected chi connectivity index (χ3v) is 4.31. The van der Waals surface area contributed by atoms with Gasteiger partial charge in [0.05, 0.1) is 12.1 Å². The Hall–Kier alpha value is -1.30. The third-order valence-electron chi connectivity index (χ3n) is 4.31. The molecule has 1 saturated heterocycles. The number of carboxylic acids is 1. The number of carboxylic acid groups (broad SMARTS) is 1. The molecule has 2 fully saturated rings. The molecule has 0 bridgehead atoms. The highest BCUT2D eigenvalue weighted by molar-refractivity contribution is 5.83. The summed E-state index contributed by atoms with van der Waals surface area (Å²) in [4.78, 5) is 23.4. The Balaban J connectivity index is 1.90. The van der Waals surface area contributed by atoms with E-state index in [2.05, 4.69) is 10.6 Å². The molecule has 1 aliphatic carbocycles. The number of rotatable bonds is 4. The molecule has 2 atom stereocenters. The van der Waals surface area contributed by atoms with Gasteiger partial charge in [0.25, 0.3) is 0 Å². The molecule has 0 aromatic rings. The van der Waals surface area contributed by atoms with Crippen LogP contribution in [0.4, 0.5) is 4.79 Å². The Morgan fingerprint density at radius 2 is 2.00 bits per heavy atom. The van der Waals surface area contributed by atoms with Crippen molar-refractivity contribution >= 4 is 12.0 Å². The number of aliphatic carboxylic acids is 1. The number of hydrogen-bond acceptors (Lipinski definition) is 3. The van der Waals surface area contributed by atoms with Gasteiger partial charge < -0.3 is 20.5 Å². The van der Waals surface area contributed by atoms with Crippen LogP contribution in [0.1, 0.15) is 45.4 Å². The highest BCUT2D eigenvalue weighted by Gasteiger charge is 2.34. The molecule has 1 aliphatic heterocycles. The van der Waals surface area contributed by atoms with Crippen LogP contribution < -0.4 is 10.6 Å². The Morgan fingerprint density at radius 1 is 1.30 bits per heavy atom. The number of carbonyl (C=O) groups is 2. The molecule has 2 rings (SSSR count). The normalized spacial score (nSPS) is 28.9. The van der Waals surface area contributed by atoms with Crippen LogP contribution in [0, 0.1) is 5.92 Å². The maximum Gasteiger partial charge on any atom is 0.326 e. The molecule has 20 heavy (non-hydrogen) atoms. The lowest BCUT2D eigenvalue weighted by molar-refractivity contribution is -0.141. The summed E-state index contributed by atoms with van der Waals surface area (Å²) in [7, 11) is 0. The first-order chi connectivity index (χ1) is 9.50. The molecule has 2 aliphatic rings. The van der Waals surface area contributed by atoms with Gasteiger partial charge >= 0.3 is 12.0 Å². The van der Waals surface area contributed by atoms with Crippen molar-refractivity contribution in [3.05, 3.63) is 0 Å². The van der Waals surface area contributed by atoms with Gasteiger partial charge in [-0.05, 0) is 32.1 Å². The molecule has 0 spiro atoms. The van der Waals surface area contributed by atoms with E-state index in [0.29, 0.717) is 13.2 Å². The van der Waals surface area contributed by atoms with Crippen LogP contribution in [0.15, 0.2) is 0 Å². The second-order valence-corrected chi connectivity index (χ2v) is 6.18. The average molecular weight is 284 g/mol. The van der Waals surface area contributed by atoms with Crippen LogP contribution in [0.3, 0.4) is 0 Å². The minimum atomic E-state index is -0.945. The van der Waals surface area contributed by atoms with Crippen LogP contribution in [0.25, 0.3) is 0 Å². The topological polar surface area (TPSA) is 87.7 Å². The Morgan fingerprint density at radius 3 is 2.55 bits per heavy atom. The number of hydrogen-bond donors (Lipinski definition) is 3. The Bertz CT molecular complexity index is 360. The molecule has 3 N–H and O–H groups in total. The van der Waals surface area contributed by atoms with Crippen LogP contribution in [0.2, 0.25) is 0 Å². The lowest BCUT2D eigenvalue weighted by atomic mass is 9.84. The largest absolute Gasteiger partial charge is 0.480 e. The zero-order valence-electron chi connectivity index (χ0n) is 12.0. The number of ether oxygens (including phenoxy) is 1. The minimum Gasteiger partial charge on any atom is -0.480 e. The standard InChI is InChI=1S/C14H24N2O4/c1-14(7-8-20-9-14)16-13(19)15-11(12(17)18)10-5-3-2-4-6-10/h10-11H,2-9H2,1H3,(H,17,18)(H2,15,16,19). The van der Waals surface area contributed by atoms with E-state index in [1.165, 1.54) is 0 Å². The molecule has 114 valence electrons. The van der Waals surface area contributed by atoms with Gasteiger partial charge in [0, 0.05) is 6.61 Å². The molecule has 0 radical (unpaired) electrons. The van der Waals surface area contributed by atoms with Crippen molar-refractivity contribution in [3.63, 3.8) is 0 Å². The fourth-order valence-electron chi connectivity index (χ4n) is 3.07. The van der Waals surface area contributed by atoms with E-state index in [1.807, 2.05) is 6.92 Å². The molecule has 0 aromatic carbocycles. The molecular formula is C14H24N2O4. The summed E-state index contributed by atoms with van der Waals surface area (Å²) in [6.07, 6.45) is 5.74. The van der Waals surface area contributed by atoms with Gasteiger partial charge in [0.1, 0.15) is 6.04 Å². The SMILES string of the molecule is CC1(NC(=O)NC(C(=O)O)C2CCCCC2)CCOC1. The summed E-state index contributed by atoms with van der Waals surface area (Å²) in [5.41, 5.74) is -0.389. The fourth-order valence-corrected chi connectivity index (χ4v) is 3.07. The summed E-state index contributed by atoms with van der Waals surface area (Å²) in [5, 5.41) is 14.8. The van der Waals surface area contributed by atoms with Crippen molar-refractivity contribution in [2.75, 3.05) is 13.2 Å². The predicted molar refractivity (Wildman–Crippen MR) is 73.5 cm³/mol. The fraction of sp³-hybridized carbons (Fsp3) is 0.857. The minimum absolute atomic E-state index is 0.0413. The molecule has 6 heteroatoms. The molecule has 1 heterocycles. The maximum atomic E-state index is 12.0. The second-order valence-electron chi connectivity index (χ2n) is 6.18. The van der Waals surface area contributed by atoms with E-state index in [1.54, 1.807) is 0 Å². The first-order valence-electron chi connectivity index (χ1n) is 7.39. The zero-order chi connectivity index (χ0) is 14.6. The summed E-state index contributed by atoms with van der Waals surface area (Å²) in [6, 6.07) is -1.20. The van der Waals surface area contributed by atoms with Gasteiger partial charge in [-0.25, -0.2) is 9.59 Å². The maximum absolute atomic E-state index is 12.0. The van der Waals surface area contributed by atoms with Gasteiger partial charge in [-0.3, -0.25) is 0 Å². The van der Waals surface area contributed by atoms with Gasteiger partial charge in [-0.2, -0.15) is 0 Å². The van der Waals surface area contributed by atoms with Gasteiger partial charge in [0.15, 0.2) is 0 Å². The van der Waals surface area contributed by atoms with E-state index in [-0.39, 0.29) is 11.5 Å². The molecule has 1 saturated carbocycles. The van der Waals surface area contributed by atoms with Crippen LogP contribution in [0.5, 0.6) is 0 Å². The molecular weight excluding hydrogens is 260 g/mol. The van der Waals surface area contributed by atoms with E-state index in [9.17, 15) is 14.7 Å². The van der Waals surface area contributed by atoms with Crippen molar-refractivity contribution < 1.29 is 19.4 Å². The quantitative estimate of drug-likeness (QED) is 0.730. The van der Waals surface area contributed by atoms with Gasteiger partial charge in [-0.1, -0.05) is 19.3 Å². The zero-order valence-corrected chi connectivity index (χ0v) is 12.0. The summed E-state index contributed by atoms with van der Waals surface area (Å²) < 4.78 is 5.27. The van der Waals surface area contributed by atoms with Crippen molar-refractivity contribution in [2.45, 2.75) is 57.0 Å². The van der Waals surface area contributed by atoms with Crippen molar-refractivity contribution in [1.29, 1.82) is 0 Å². The summed E-state index contributed by atoms with van der Waals surface area (Å²) in [6.45, 7) is 3.01. The summed E-state index contributed by atoms with van der Waals surface area (Å²) >= 11 is 0. The molecule has 6 nitrogen and oxygen atoms in total. The average Bonchev–Trinajstić information content (AvgIpc) is 2.83. The molecule has 2 amide bonds. The number of nitrogens with one attached hydrogen (secondary N) is 2. The van der Waals surface area contributed by atoms with E-state index < -0.39 is 18.0 Å². The molecule has 0 aromatic heterocycles. The Kier molecular flexibility index (Phi) is 4.86. The lowest BCUT2D eigenvalue weighted by Crippen LogP contribution is -2.56. The van der Waals surface area contributed by atoms with Crippen LogP contribution in [-0.4, -0.2) is 41.9 Å². The first-order valence-corrected chi connectivity index (χ1v) is 7.39. The van der Waals surface area contributed by atoms with E-state index >= 15 is 0 Å². The first kappa shape index (κ1) is 15.1.